The van der Waals surface area contributed by atoms with Crippen molar-refractivity contribution in [3.05, 3.63) is 23.8 Å². The maximum Gasteiger partial charge on any atom is 0.303 e. The molecule has 3 rings (SSSR count). The van der Waals surface area contributed by atoms with Crippen molar-refractivity contribution in [1.82, 2.24) is 0 Å². The van der Waals surface area contributed by atoms with Crippen molar-refractivity contribution >= 4 is 23.9 Å². The summed E-state index contributed by atoms with van der Waals surface area (Å²) >= 11 is 0. The number of esters is 4. The predicted molar refractivity (Wildman–Crippen MR) is 151 cm³/mol. The van der Waals surface area contributed by atoms with Gasteiger partial charge in [-0.05, 0) is 37.0 Å². The van der Waals surface area contributed by atoms with Gasteiger partial charge in [-0.2, -0.15) is 0 Å². The normalized spacial score (nSPS) is 32.2. The average Bonchev–Trinajstić information content (AvgIpc) is 2.91. The lowest BCUT2D eigenvalue weighted by molar-refractivity contribution is -0.263. The third-order valence-corrected chi connectivity index (χ3v) is 7.80. The number of ether oxygens (including phenoxy) is 8. The first kappa shape index (κ1) is 34.1. The Labute approximate surface area is 252 Å². The Balaban J connectivity index is 1.92. The maximum absolute atomic E-state index is 12.0. The first-order valence-electron chi connectivity index (χ1n) is 14.6. The van der Waals surface area contributed by atoms with Crippen LogP contribution < -0.4 is 9.47 Å². The van der Waals surface area contributed by atoms with Crippen molar-refractivity contribution in [3.63, 3.8) is 0 Å². The van der Waals surface area contributed by atoms with Crippen LogP contribution in [0.5, 0.6) is 11.5 Å². The summed E-state index contributed by atoms with van der Waals surface area (Å²) in [5.74, 6) is -2.24. The van der Waals surface area contributed by atoms with E-state index < -0.39 is 72.9 Å². The molecule has 12 nitrogen and oxygen atoms in total. The fourth-order valence-corrected chi connectivity index (χ4v) is 5.36. The highest BCUT2D eigenvalue weighted by Gasteiger charge is 2.49. The highest BCUT2D eigenvalue weighted by atomic mass is 16.7. The summed E-state index contributed by atoms with van der Waals surface area (Å²) in [6.07, 6.45) is -5.01. The summed E-state index contributed by atoms with van der Waals surface area (Å²) < 4.78 is 47.1. The number of aryl methyl sites for hydroxylation is 1. The molecule has 2 aliphatic rings. The zero-order valence-corrected chi connectivity index (χ0v) is 26.3. The Morgan fingerprint density at radius 2 is 1.23 bits per heavy atom. The molecule has 0 radical (unpaired) electrons. The van der Waals surface area contributed by atoms with Gasteiger partial charge in [-0.1, -0.05) is 33.8 Å². The van der Waals surface area contributed by atoms with Crippen molar-refractivity contribution in [2.45, 2.75) is 112 Å². The van der Waals surface area contributed by atoms with E-state index in [4.69, 9.17) is 37.9 Å². The molecule has 0 aliphatic carbocycles. The molecule has 12 heteroatoms. The van der Waals surface area contributed by atoms with Crippen LogP contribution >= 0.6 is 0 Å². The number of carbonyl (C=O) groups is 4. The molecule has 0 N–H and O–H groups in total. The minimum atomic E-state index is -1.05. The molecule has 0 aromatic heterocycles. The fourth-order valence-electron chi connectivity index (χ4n) is 5.36. The van der Waals surface area contributed by atoms with Crippen LogP contribution in [0, 0.1) is 24.7 Å². The van der Waals surface area contributed by atoms with E-state index in [2.05, 4.69) is 0 Å². The predicted octanol–water partition coefficient (Wildman–Crippen LogP) is 3.88. The van der Waals surface area contributed by atoms with Gasteiger partial charge in [0.05, 0.1) is 12.0 Å². The molecular weight excluding hydrogens is 564 g/mol. The van der Waals surface area contributed by atoms with Crippen molar-refractivity contribution in [2.24, 2.45) is 17.8 Å². The number of carbonyl (C=O) groups excluding carboxylic acids is 4. The second-order valence-corrected chi connectivity index (χ2v) is 11.3. The van der Waals surface area contributed by atoms with Crippen LogP contribution in [0.3, 0.4) is 0 Å². The summed E-state index contributed by atoms with van der Waals surface area (Å²) in [4.78, 5) is 47.4. The molecule has 1 aromatic carbocycles. The molecule has 0 bridgehead atoms. The van der Waals surface area contributed by atoms with Crippen molar-refractivity contribution in [2.75, 3.05) is 6.61 Å². The lowest BCUT2D eigenvalue weighted by Crippen LogP contribution is -2.57. The molecule has 0 unspecified atom stereocenters. The van der Waals surface area contributed by atoms with Gasteiger partial charge >= 0.3 is 23.9 Å². The molecule has 1 aromatic rings. The van der Waals surface area contributed by atoms with E-state index in [1.807, 2.05) is 33.8 Å². The van der Waals surface area contributed by atoms with Crippen LogP contribution in [0.15, 0.2) is 18.2 Å². The minimum Gasteiger partial charge on any atom is -0.463 e. The van der Waals surface area contributed by atoms with Crippen molar-refractivity contribution < 1.29 is 57.1 Å². The van der Waals surface area contributed by atoms with Gasteiger partial charge in [-0.25, -0.2) is 0 Å². The molecule has 2 heterocycles. The van der Waals surface area contributed by atoms with Crippen LogP contribution in [0.4, 0.5) is 0 Å². The lowest BCUT2D eigenvalue weighted by atomic mass is 9.83. The molecule has 0 saturated carbocycles. The van der Waals surface area contributed by atoms with Crippen molar-refractivity contribution in [1.29, 1.82) is 0 Å². The standard InChI is InChI=1S/C31H44O12/c1-10-23-29(39-22(9)35)27(37-20(7)33)18(5)30(40-23)41-24-12-11-15(2)13-25(24)42-31-28(38-21(8)34)17(4)16(3)26(43-31)14-36-19(6)32/h11-13,16-18,23,26-31H,10,14H2,1-9H3/t16-,17-,18+,23+,26+,27+,28+,29+,30-,31+/m0/s1. The van der Waals surface area contributed by atoms with E-state index in [-0.39, 0.29) is 18.4 Å². The Bertz CT molecular complexity index is 1150. The van der Waals surface area contributed by atoms with Crippen LogP contribution in [-0.4, -0.2) is 73.6 Å². The van der Waals surface area contributed by atoms with Gasteiger partial charge in [0.25, 0.3) is 0 Å². The third kappa shape index (κ3) is 8.82. The van der Waals surface area contributed by atoms with Crippen LogP contribution in [0.1, 0.15) is 67.4 Å². The molecule has 2 aliphatic heterocycles. The quantitative estimate of drug-likeness (QED) is 0.281. The number of hydrogen-bond donors (Lipinski definition) is 0. The summed E-state index contributed by atoms with van der Waals surface area (Å²) in [6, 6.07) is 5.30. The first-order valence-corrected chi connectivity index (χ1v) is 14.6. The molecule has 0 spiro atoms. The fraction of sp³-hybridized carbons (Fsp3) is 0.677. The van der Waals surface area contributed by atoms with Crippen molar-refractivity contribution in [3.8, 4) is 11.5 Å². The molecule has 240 valence electrons. The zero-order chi connectivity index (χ0) is 32.0. The highest BCUT2D eigenvalue weighted by molar-refractivity contribution is 5.67. The first-order chi connectivity index (χ1) is 20.2. The largest absolute Gasteiger partial charge is 0.463 e. The molecule has 10 atom stereocenters. The number of hydrogen-bond acceptors (Lipinski definition) is 12. The third-order valence-electron chi connectivity index (χ3n) is 7.80. The topological polar surface area (TPSA) is 142 Å². The van der Waals surface area contributed by atoms with Gasteiger partial charge in [0.15, 0.2) is 23.7 Å². The van der Waals surface area contributed by atoms with Crippen LogP contribution in [0.25, 0.3) is 0 Å². The second kappa shape index (κ2) is 14.9. The Kier molecular flexibility index (Phi) is 11.8. The van der Waals surface area contributed by atoms with Crippen LogP contribution in [-0.2, 0) is 47.6 Å². The second-order valence-electron chi connectivity index (χ2n) is 11.3. The van der Waals surface area contributed by atoms with Gasteiger partial charge < -0.3 is 37.9 Å². The summed E-state index contributed by atoms with van der Waals surface area (Å²) in [5.41, 5.74) is 0.858. The van der Waals surface area contributed by atoms with E-state index in [0.29, 0.717) is 17.9 Å². The lowest BCUT2D eigenvalue weighted by Gasteiger charge is -2.44. The van der Waals surface area contributed by atoms with Gasteiger partial charge in [0.1, 0.15) is 18.8 Å². The number of rotatable bonds is 10. The molecule has 2 saturated heterocycles. The van der Waals surface area contributed by atoms with Gasteiger partial charge in [0, 0.05) is 33.6 Å². The molecule has 2 fully saturated rings. The summed E-state index contributed by atoms with van der Waals surface area (Å²) in [6.45, 7) is 14.6. The molecular formula is C31H44O12. The van der Waals surface area contributed by atoms with E-state index in [1.54, 1.807) is 19.1 Å². The summed E-state index contributed by atoms with van der Waals surface area (Å²) in [5, 5.41) is 0. The average molecular weight is 609 g/mol. The Hall–Kier alpha value is -3.38. The highest BCUT2D eigenvalue weighted by Crippen LogP contribution is 2.39. The monoisotopic (exact) mass is 608 g/mol. The van der Waals surface area contributed by atoms with E-state index >= 15 is 0 Å². The van der Waals surface area contributed by atoms with Gasteiger partial charge in [-0.3, -0.25) is 19.2 Å². The van der Waals surface area contributed by atoms with Gasteiger partial charge in [0.2, 0.25) is 12.6 Å². The van der Waals surface area contributed by atoms with E-state index in [9.17, 15) is 19.2 Å². The van der Waals surface area contributed by atoms with E-state index in [1.165, 1.54) is 27.7 Å². The SMILES string of the molecule is CC[C@H]1O[C@@H](Oc2ccc(C)cc2O[C@@H]2O[C@H](COC(C)=O)[C@@H](C)[C@H](C)[C@H]2OC(C)=O)[C@H](C)[C@@H](OC(C)=O)[C@@H]1OC(C)=O. The summed E-state index contributed by atoms with van der Waals surface area (Å²) in [7, 11) is 0. The van der Waals surface area contributed by atoms with Gasteiger partial charge in [-0.15, -0.1) is 0 Å². The molecule has 0 amide bonds. The smallest absolute Gasteiger partial charge is 0.303 e. The Morgan fingerprint density at radius 3 is 1.81 bits per heavy atom. The van der Waals surface area contributed by atoms with E-state index in [0.717, 1.165) is 5.56 Å². The maximum atomic E-state index is 12.0. The molecule has 43 heavy (non-hydrogen) atoms. The Morgan fingerprint density at radius 1 is 0.674 bits per heavy atom. The number of benzene rings is 1. The minimum absolute atomic E-state index is 0.0114. The van der Waals surface area contributed by atoms with Crippen LogP contribution in [0.2, 0.25) is 0 Å². The zero-order valence-electron chi connectivity index (χ0n) is 26.3.